The summed E-state index contributed by atoms with van der Waals surface area (Å²) < 4.78 is 6.93. The van der Waals surface area contributed by atoms with E-state index in [0.717, 1.165) is 22.1 Å². The van der Waals surface area contributed by atoms with E-state index >= 15 is 0 Å². The van der Waals surface area contributed by atoms with E-state index in [1.807, 2.05) is 29.9 Å². The number of aryl methyl sites for hydroxylation is 2. The fourth-order valence-electron chi connectivity index (χ4n) is 3.00. The summed E-state index contributed by atoms with van der Waals surface area (Å²) in [5.74, 6) is -1.37. The standard InChI is InChI=1S/C21H20N4O5S/c1-13-4-6-17(18(10-13)25(28)29)23-19(26)12-30-20(27)7-5-16-11-14(2)24(15(16)3)21-22-8-9-31-21/h4-11H,12H2,1-3H3,(H,23,26)/b7-5+. The summed E-state index contributed by atoms with van der Waals surface area (Å²) >= 11 is 1.51. The molecule has 0 bridgehead atoms. The first-order chi connectivity index (χ1) is 14.8. The Hall–Kier alpha value is -3.79. The number of carbonyl (C=O) groups is 2. The third-order valence-corrected chi connectivity index (χ3v) is 5.21. The first kappa shape index (κ1) is 21.9. The molecule has 0 radical (unpaired) electrons. The highest BCUT2D eigenvalue weighted by molar-refractivity contribution is 7.12. The molecule has 0 aliphatic heterocycles. The van der Waals surface area contributed by atoms with Gasteiger partial charge in [0, 0.05) is 35.1 Å². The van der Waals surface area contributed by atoms with Crippen molar-refractivity contribution in [1.29, 1.82) is 0 Å². The highest BCUT2D eigenvalue weighted by Gasteiger charge is 2.17. The number of carbonyl (C=O) groups excluding carboxylic acids is 2. The van der Waals surface area contributed by atoms with E-state index in [1.54, 1.807) is 25.3 Å². The van der Waals surface area contributed by atoms with Crippen LogP contribution in [0.5, 0.6) is 0 Å². The number of hydrogen-bond acceptors (Lipinski definition) is 7. The van der Waals surface area contributed by atoms with Crippen molar-refractivity contribution in [2.75, 3.05) is 11.9 Å². The van der Waals surface area contributed by atoms with Gasteiger partial charge in [-0.3, -0.25) is 19.5 Å². The van der Waals surface area contributed by atoms with Crippen molar-refractivity contribution in [3.8, 4) is 5.13 Å². The fourth-order valence-corrected chi connectivity index (χ4v) is 3.76. The minimum Gasteiger partial charge on any atom is -0.452 e. The second-order valence-corrected chi connectivity index (χ2v) is 7.62. The van der Waals surface area contributed by atoms with Crippen LogP contribution in [0.4, 0.5) is 11.4 Å². The lowest BCUT2D eigenvalue weighted by molar-refractivity contribution is -0.384. The SMILES string of the molecule is Cc1ccc(NC(=O)COC(=O)/C=C/c2cc(C)n(-c3nccs3)c2C)c([N+](=O)[O-])c1. The largest absolute Gasteiger partial charge is 0.452 e. The molecule has 0 saturated carbocycles. The van der Waals surface area contributed by atoms with Crippen LogP contribution in [0.1, 0.15) is 22.5 Å². The lowest BCUT2D eigenvalue weighted by Gasteiger charge is -2.07. The molecule has 3 rings (SSSR count). The molecule has 1 amide bonds. The average Bonchev–Trinajstić information content (AvgIpc) is 3.33. The maximum atomic E-state index is 12.0. The Morgan fingerprint density at radius 1 is 1.29 bits per heavy atom. The number of nitro benzene ring substituents is 1. The first-order valence-electron chi connectivity index (χ1n) is 9.25. The minimum absolute atomic E-state index is 0.0433. The van der Waals surface area contributed by atoms with Crippen LogP contribution in [-0.2, 0) is 14.3 Å². The van der Waals surface area contributed by atoms with E-state index in [4.69, 9.17) is 4.74 Å². The molecule has 31 heavy (non-hydrogen) atoms. The molecule has 0 saturated heterocycles. The van der Waals surface area contributed by atoms with Gasteiger partial charge >= 0.3 is 5.97 Å². The summed E-state index contributed by atoms with van der Waals surface area (Å²) in [6, 6.07) is 6.35. The summed E-state index contributed by atoms with van der Waals surface area (Å²) in [4.78, 5) is 38.9. The van der Waals surface area contributed by atoms with Gasteiger partial charge in [0.15, 0.2) is 11.7 Å². The van der Waals surface area contributed by atoms with Gasteiger partial charge in [0.05, 0.1) is 4.92 Å². The third-order valence-electron chi connectivity index (χ3n) is 4.45. The molecule has 3 aromatic rings. The normalized spacial score (nSPS) is 10.9. The maximum absolute atomic E-state index is 12.0. The Kier molecular flexibility index (Phi) is 6.61. The maximum Gasteiger partial charge on any atom is 0.331 e. The number of thiazole rings is 1. The Morgan fingerprint density at radius 2 is 2.06 bits per heavy atom. The molecule has 0 aliphatic carbocycles. The monoisotopic (exact) mass is 440 g/mol. The lowest BCUT2D eigenvalue weighted by atomic mass is 10.2. The van der Waals surface area contributed by atoms with Gasteiger partial charge in [-0.05, 0) is 50.1 Å². The number of nitrogens with zero attached hydrogens (tertiary/aromatic N) is 3. The number of benzene rings is 1. The molecular weight excluding hydrogens is 420 g/mol. The molecule has 0 unspecified atom stereocenters. The Labute approximate surface area is 182 Å². The quantitative estimate of drug-likeness (QED) is 0.257. The van der Waals surface area contributed by atoms with Crippen LogP contribution in [0.2, 0.25) is 0 Å². The zero-order valence-electron chi connectivity index (χ0n) is 17.1. The van der Waals surface area contributed by atoms with E-state index in [2.05, 4.69) is 10.3 Å². The number of amides is 1. The smallest absolute Gasteiger partial charge is 0.331 e. The fraction of sp³-hybridized carbons (Fsp3) is 0.190. The third kappa shape index (κ3) is 5.23. The number of esters is 1. The van der Waals surface area contributed by atoms with Crippen LogP contribution >= 0.6 is 11.3 Å². The number of anilines is 1. The summed E-state index contributed by atoms with van der Waals surface area (Å²) in [6.45, 7) is 5.01. The van der Waals surface area contributed by atoms with Crippen LogP contribution in [0.3, 0.4) is 0 Å². The van der Waals surface area contributed by atoms with Gasteiger partial charge in [0.25, 0.3) is 11.6 Å². The first-order valence-corrected chi connectivity index (χ1v) is 10.1. The van der Waals surface area contributed by atoms with Crippen LogP contribution in [-0.4, -0.2) is 33.0 Å². The van der Waals surface area contributed by atoms with Crippen molar-refractivity contribution in [2.24, 2.45) is 0 Å². The molecule has 0 atom stereocenters. The number of rotatable bonds is 7. The van der Waals surface area contributed by atoms with Crippen molar-refractivity contribution in [2.45, 2.75) is 20.8 Å². The lowest BCUT2D eigenvalue weighted by Crippen LogP contribution is -2.20. The van der Waals surface area contributed by atoms with E-state index in [1.165, 1.54) is 29.5 Å². The zero-order valence-corrected chi connectivity index (χ0v) is 17.9. The van der Waals surface area contributed by atoms with Gasteiger partial charge in [-0.2, -0.15) is 0 Å². The van der Waals surface area contributed by atoms with Crippen molar-refractivity contribution >= 4 is 40.7 Å². The molecule has 0 spiro atoms. The predicted molar refractivity (Wildman–Crippen MR) is 117 cm³/mol. The van der Waals surface area contributed by atoms with Gasteiger partial charge in [0.2, 0.25) is 0 Å². The summed E-state index contributed by atoms with van der Waals surface area (Å²) in [5, 5.41) is 16.2. The Balaban J connectivity index is 1.60. The highest BCUT2D eigenvalue weighted by Crippen LogP contribution is 2.25. The van der Waals surface area contributed by atoms with E-state index < -0.39 is 23.4 Å². The predicted octanol–water partition coefficient (Wildman–Crippen LogP) is 3.96. The minimum atomic E-state index is -0.701. The van der Waals surface area contributed by atoms with Crippen LogP contribution in [0, 0.1) is 30.9 Å². The zero-order chi connectivity index (χ0) is 22.5. The van der Waals surface area contributed by atoms with Gasteiger partial charge < -0.3 is 10.1 Å². The molecule has 1 aromatic carbocycles. The molecule has 1 N–H and O–H groups in total. The molecule has 0 fully saturated rings. The van der Waals surface area contributed by atoms with E-state index in [9.17, 15) is 19.7 Å². The molecular formula is C21H20N4O5S. The second kappa shape index (κ2) is 9.35. The molecule has 2 heterocycles. The molecule has 0 aliphatic rings. The van der Waals surface area contributed by atoms with Crippen LogP contribution in [0.25, 0.3) is 11.2 Å². The summed E-state index contributed by atoms with van der Waals surface area (Å²) in [5.41, 5.74) is 3.22. The van der Waals surface area contributed by atoms with Crippen LogP contribution < -0.4 is 5.32 Å². The molecule has 2 aromatic heterocycles. The van der Waals surface area contributed by atoms with Crippen molar-refractivity contribution < 1.29 is 19.2 Å². The van der Waals surface area contributed by atoms with Gasteiger partial charge in [-0.1, -0.05) is 6.07 Å². The van der Waals surface area contributed by atoms with Crippen molar-refractivity contribution in [3.63, 3.8) is 0 Å². The van der Waals surface area contributed by atoms with Crippen LogP contribution in [0.15, 0.2) is 41.9 Å². The van der Waals surface area contributed by atoms with Gasteiger partial charge in [-0.15, -0.1) is 11.3 Å². The van der Waals surface area contributed by atoms with Gasteiger partial charge in [-0.25, -0.2) is 9.78 Å². The average molecular weight is 440 g/mol. The number of nitrogens with one attached hydrogen (secondary N) is 1. The summed E-state index contributed by atoms with van der Waals surface area (Å²) in [6.07, 6.45) is 4.56. The Bertz CT molecular complexity index is 1160. The molecule has 160 valence electrons. The molecule has 9 nitrogen and oxygen atoms in total. The highest BCUT2D eigenvalue weighted by atomic mass is 32.1. The van der Waals surface area contributed by atoms with Gasteiger partial charge in [0.1, 0.15) is 5.69 Å². The Morgan fingerprint density at radius 3 is 2.74 bits per heavy atom. The number of hydrogen-bond donors (Lipinski definition) is 1. The topological polar surface area (TPSA) is 116 Å². The molecule has 10 heteroatoms. The summed E-state index contributed by atoms with van der Waals surface area (Å²) in [7, 11) is 0. The van der Waals surface area contributed by atoms with E-state index in [-0.39, 0.29) is 11.4 Å². The second-order valence-electron chi connectivity index (χ2n) is 6.74. The van der Waals surface area contributed by atoms with Crippen molar-refractivity contribution in [1.82, 2.24) is 9.55 Å². The number of aromatic nitrogens is 2. The number of ether oxygens (including phenoxy) is 1. The van der Waals surface area contributed by atoms with E-state index in [0.29, 0.717) is 5.56 Å². The number of nitro groups is 1. The van der Waals surface area contributed by atoms with Crippen molar-refractivity contribution in [3.05, 3.63) is 74.5 Å².